The fraction of sp³-hybridized carbons (Fsp3) is 0.775. The largest absolute Gasteiger partial charge is 0.453 e. The molecule has 10 atom stereocenters. The normalized spacial score (nSPS) is 35.6. The molecule has 4 aliphatic carbocycles. The van der Waals surface area contributed by atoms with E-state index in [4.69, 9.17) is 25.2 Å². The molecule has 1 aromatic rings. The number of rotatable bonds is 11. The molecule has 13 heteroatoms. The van der Waals surface area contributed by atoms with Crippen molar-refractivity contribution < 1.29 is 23.9 Å². The summed E-state index contributed by atoms with van der Waals surface area (Å²) in [5.74, 6) is 3.05. The SMILES string of the molecule is COC(=O)NC(C(=O)N1CCCC1CN=C(CN)C1CCC2C(C1)OC1CCC(c3cnc(C4CCCN4C(=O)CC4CC4)[nH]3)C3C=CN2C13)C1CC1. The molecule has 10 unspecified atom stereocenters. The first-order valence-corrected chi connectivity index (χ1v) is 20.7. The number of ether oxygens (including phenoxy) is 2. The lowest BCUT2D eigenvalue weighted by Gasteiger charge is -2.55. The smallest absolute Gasteiger partial charge is 0.407 e. The first-order valence-electron chi connectivity index (χ1n) is 20.7. The number of alkyl carbamates (subject to hydrolysis) is 1. The number of hydrogen-bond acceptors (Lipinski definition) is 9. The molecule has 1 aromatic heterocycles. The van der Waals surface area contributed by atoms with Crippen molar-refractivity contribution >= 4 is 23.6 Å². The van der Waals surface area contributed by atoms with E-state index in [1.807, 2.05) is 4.90 Å². The van der Waals surface area contributed by atoms with Crippen LogP contribution in [0.4, 0.5) is 4.79 Å². The summed E-state index contributed by atoms with van der Waals surface area (Å²) >= 11 is 0. The first kappa shape index (κ1) is 35.3. The molecule has 4 N–H and O–H groups in total. The maximum Gasteiger partial charge on any atom is 0.407 e. The van der Waals surface area contributed by atoms with E-state index in [0.29, 0.717) is 61.8 Å². The van der Waals surface area contributed by atoms with Gasteiger partial charge in [0.1, 0.15) is 11.9 Å². The van der Waals surface area contributed by atoms with Gasteiger partial charge in [-0.15, -0.1) is 0 Å². The number of nitrogens with two attached hydrogens (primary N) is 1. The molecular formula is C40H58N8O5. The number of aromatic nitrogens is 2. The highest BCUT2D eigenvalue weighted by molar-refractivity contribution is 5.89. The highest BCUT2D eigenvalue weighted by Crippen LogP contribution is 2.50. The Balaban J connectivity index is 0.823. The van der Waals surface area contributed by atoms with Gasteiger partial charge in [-0.1, -0.05) is 6.08 Å². The molecule has 3 saturated heterocycles. The Bertz CT molecular complexity index is 1600. The van der Waals surface area contributed by atoms with E-state index in [1.165, 1.54) is 25.6 Å². The lowest BCUT2D eigenvalue weighted by Crippen LogP contribution is -2.62. The Morgan fingerprint density at radius 1 is 1.04 bits per heavy atom. The van der Waals surface area contributed by atoms with Gasteiger partial charge in [0, 0.05) is 61.4 Å². The standard InChI is InChI=1S/C40H58N8O5/c1-52-40(51)45-36(24-8-9-24)39(50)46-15-2-4-26(46)21-42-29(20-41)25-10-12-31-34(19-25)53-33-13-11-27(28-14-17-48(31)37(28)33)30-22-43-38(44-30)32-5-3-16-47(32)35(49)18-23-6-7-23/h14,17,22-28,31-34,36-37H,2-13,15-16,18-21,41H2,1H3,(H,43,44)(H,45,51). The number of nitrogens with zero attached hydrogens (tertiary/aromatic N) is 5. The van der Waals surface area contributed by atoms with Gasteiger partial charge >= 0.3 is 6.09 Å². The molecule has 3 amide bonds. The minimum Gasteiger partial charge on any atom is -0.453 e. The van der Waals surface area contributed by atoms with E-state index in [2.05, 4.69) is 38.6 Å². The van der Waals surface area contributed by atoms with Gasteiger partial charge in [0.25, 0.3) is 0 Å². The molecule has 0 aromatic carbocycles. The van der Waals surface area contributed by atoms with Crippen LogP contribution in [0.2, 0.25) is 0 Å². The van der Waals surface area contributed by atoms with Gasteiger partial charge in [-0.05, 0) is 102 Å². The Morgan fingerprint density at radius 3 is 2.66 bits per heavy atom. The number of carbonyl (C=O) groups is 3. The number of fused-ring (bicyclic) bond motifs is 2. The van der Waals surface area contributed by atoms with Gasteiger partial charge in [-0.3, -0.25) is 14.6 Å². The number of morpholine rings is 1. The second-order valence-corrected chi connectivity index (χ2v) is 17.3. The Labute approximate surface area is 312 Å². The zero-order valence-corrected chi connectivity index (χ0v) is 31.2. The number of imidazole rings is 1. The van der Waals surface area contributed by atoms with E-state index in [-0.39, 0.29) is 42.0 Å². The number of hydrogen-bond donors (Lipinski definition) is 3. The van der Waals surface area contributed by atoms with Crippen molar-refractivity contribution in [2.24, 2.45) is 34.4 Å². The van der Waals surface area contributed by atoms with Gasteiger partial charge in [0.05, 0.1) is 50.0 Å². The number of aliphatic imine (C=N–C) groups is 1. The summed E-state index contributed by atoms with van der Waals surface area (Å²) in [6.07, 6.45) is 20.5. The van der Waals surface area contributed by atoms with Crippen LogP contribution in [-0.4, -0.2) is 118 Å². The van der Waals surface area contributed by atoms with Crippen LogP contribution in [0.3, 0.4) is 0 Å². The zero-order valence-electron chi connectivity index (χ0n) is 31.2. The molecule has 0 spiro atoms. The van der Waals surface area contributed by atoms with Crippen molar-refractivity contribution in [3.05, 3.63) is 30.0 Å². The molecule has 0 bridgehead atoms. The zero-order chi connectivity index (χ0) is 36.2. The molecule has 5 heterocycles. The van der Waals surface area contributed by atoms with Crippen LogP contribution >= 0.6 is 0 Å². The monoisotopic (exact) mass is 730 g/mol. The van der Waals surface area contributed by atoms with E-state index in [9.17, 15) is 14.4 Å². The third-order valence-corrected chi connectivity index (χ3v) is 14.0. The van der Waals surface area contributed by atoms with Crippen molar-refractivity contribution in [1.82, 2.24) is 30.0 Å². The van der Waals surface area contributed by atoms with Gasteiger partial charge in [0.2, 0.25) is 11.8 Å². The van der Waals surface area contributed by atoms with Crippen LogP contribution in [0.1, 0.15) is 113 Å². The summed E-state index contributed by atoms with van der Waals surface area (Å²) < 4.78 is 11.8. The van der Waals surface area contributed by atoms with Gasteiger partial charge in [-0.2, -0.15) is 0 Å². The highest BCUT2D eigenvalue weighted by atomic mass is 16.5. The average molecular weight is 731 g/mol. The van der Waals surface area contributed by atoms with Gasteiger partial charge in [0.15, 0.2) is 0 Å². The number of methoxy groups -OCH3 is 1. The van der Waals surface area contributed by atoms with Crippen LogP contribution in [-0.2, 0) is 19.1 Å². The van der Waals surface area contributed by atoms with Crippen LogP contribution in [0.5, 0.6) is 0 Å². The van der Waals surface area contributed by atoms with Crippen molar-refractivity contribution in [2.75, 3.05) is 33.3 Å². The summed E-state index contributed by atoms with van der Waals surface area (Å²) in [6, 6.07) is 0.256. The second-order valence-electron chi connectivity index (χ2n) is 17.3. The number of likely N-dealkylation sites (tertiary alicyclic amines) is 2. The maximum atomic E-state index is 13.6. The molecule has 8 aliphatic rings. The Hall–Kier alpha value is -3.45. The Kier molecular flexibility index (Phi) is 9.75. The molecular weight excluding hydrogens is 672 g/mol. The predicted molar refractivity (Wildman–Crippen MR) is 198 cm³/mol. The third kappa shape index (κ3) is 6.89. The van der Waals surface area contributed by atoms with E-state index >= 15 is 0 Å². The third-order valence-electron chi connectivity index (χ3n) is 14.0. The highest BCUT2D eigenvalue weighted by Gasteiger charge is 2.54. The molecule has 0 radical (unpaired) electrons. The molecule has 4 aliphatic heterocycles. The minimum absolute atomic E-state index is 0.00804. The predicted octanol–water partition coefficient (Wildman–Crippen LogP) is 4.03. The molecule has 288 valence electrons. The molecule has 4 saturated carbocycles. The van der Waals surface area contributed by atoms with E-state index in [0.717, 1.165) is 88.7 Å². The van der Waals surface area contributed by atoms with Crippen LogP contribution < -0.4 is 11.1 Å². The molecule has 7 fully saturated rings. The van der Waals surface area contributed by atoms with E-state index in [1.54, 1.807) is 0 Å². The van der Waals surface area contributed by atoms with Crippen molar-refractivity contribution in [3.8, 4) is 0 Å². The summed E-state index contributed by atoms with van der Waals surface area (Å²) in [5.41, 5.74) is 8.63. The Morgan fingerprint density at radius 2 is 1.87 bits per heavy atom. The topological polar surface area (TPSA) is 158 Å². The van der Waals surface area contributed by atoms with Crippen molar-refractivity contribution in [3.63, 3.8) is 0 Å². The molecule has 9 rings (SSSR count). The van der Waals surface area contributed by atoms with Crippen LogP contribution in [0.25, 0.3) is 0 Å². The van der Waals surface area contributed by atoms with Crippen molar-refractivity contribution in [1.29, 1.82) is 0 Å². The summed E-state index contributed by atoms with van der Waals surface area (Å²) in [5, 5.41) is 2.80. The van der Waals surface area contributed by atoms with Crippen LogP contribution in [0, 0.1) is 23.7 Å². The number of aromatic amines is 1. The summed E-state index contributed by atoms with van der Waals surface area (Å²) in [6.45, 7) is 2.50. The average Bonchev–Trinajstić information content (AvgIpc) is 3.88. The number of amides is 3. The quantitative estimate of drug-likeness (QED) is 0.288. The maximum absolute atomic E-state index is 13.6. The number of carbonyl (C=O) groups excluding carboxylic acids is 3. The second kappa shape index (κ2) is 14.7. The number of nitrogens with one attached hydrogen (secondary N) is 2. The molecule has 13 nitrogen and oxygen atoms in total. The van der Waals surface area contributed by atoms with Gasteiger partial charge < -0.3 is 40.2 Å². The van der Waals surface area contributed by atoms with Crippen LogP contribution in [0.15, 0.2) is 23.5 Å². The number of H-pyrrole nitrogens is 1. The van der Waals surface area contributed by atoms with Crippen molar-refractivity contribution in [2.45, 2.75) is 138 Å². The summed E-state index contributed by atoms with van der Waals surface area (Å²) in [7, 11) is 1.34. The lowest BCUT2D eigenvalue weighted by atomic mass is 9.71. The summed E-state index contributed by atoms with van der Waals surface area (Å²) in [4.78, 5) is 59.1. The fourth-order valence-corrected chi connectivity index (χ4v) is 10.9. The lowest BCUT2D eigenvalue weighted by molar-refractivity contribution is -0.168. The first-order chi connectivity index (χ1) is 25.9. The van der Waals surface area contributed by atoms with E-state index < -0.39 is 12.1 Å². The van der Waals surface area contributed by atoms with Gasteiger partial charge in [-0.25, -0.2) is 9.78 Å². The molecule has 53 heavy (non-hydrogen) atoms. The minimum atomic E-state index is -0.550. The fourth-order valence-electron chi connectivity index (χ4n) is 10.9.